The molecule has 0 unspecified atom stereocenters. The summed E-state index contributed by atoms with van der Waals surface area (Å²) in [6.45, 7) is 10.1. The van der Waals surface area contributed by atoms with Crippen LogP contribution in [0.1, 0.15) is 38.2 Å². The molecule has 0 amide bonds. The maximum absolute atomic E-state index is 11.6. The minimum atomic E-state index is -0.927. The van der Waals surface area contributed by atoms with E-state index in [2.05, 4.69) is 37.6 Å². The average molecular weight is 295 g/mol. The molecule has 0 atom stereocenters. The molecule has 2 aromatic heterocycles. The molecule has 5 nitrogen and oxygen atoms in total. The molecule has 2 rings (SSSR count). The van der Waals surface area contributed by atoms with Crippen molar-refractivity contribution in [2.45, 2.75) is 27.7 Å². The first-order valence-corrected chi connectivity index (χ1v) is 7.72. The first kappa shape index (κ1) is 14.8. The number of carboxylic acid groups (broad SMARTS) is 1. The first-order valence-electron chi connectivity index (χ1n) is 6.84. The molecule has 6 heteroatoms. The third-order valence-corrected chi connectivity index (χ3v) is 3.67. The van der Waals surface area contributed by atoms with Crippen LogP contribution < -0.4 is 4.90 Å². The van der Waals surface area contributed by atoms with Crippen molar-refractivity contribution in [2.75, 3.05) is 18.0 Å². The van der Waals surface area contributed by atoms with Gasteiger partial charge in [-0.15, -0.1) is 11.3 Å². The van der Waals surface area contributed by atoms with Crippen molar-refractivity contribution in [3.8, 4) is 0 Å². The number of carboxylic acids is 1. The van der Waals surface area contributed by atoms with Crippen LogP contribution in [0.25, 0.3) is 4.96 Å². The second kappa shape index (κ2) is 5.83. The van der Waals surface area contributed by atoms with Gasteiger partial charge in [0.15, 0.2) is 16.5 Å². The van der Waals surface area contributed by atoms with Crippen LogP contribution >= 0.6 is 11.3 Å². The van der Waals surface area contributed by atoms with Gasteiger partial charge in [-0.2, -0.15) is 0 Å². The van der Waals surface area contributed by atoms with Gasteiger partial charge in [0.25, 0.3) is 0 Å². The van der Waals surface area contributed by atoms with E-state index >= 15 is 0 Å². The molecule has 0 aliphatic carbocycles. The van der Waals surface area contributed by atoms with E-state index in [0.717, 1.165) is 18.1 Å². The Balaban J connectivity index is 2.48. The van der Waals surface area contributed by atoms with Crippen LogP contribution in [-0.4, -0.2) is 33.6 Å². The Hall–Kier alpha value is -1.56. The van der Waals surface area contributed by atoms with Crippen molar-refractivity contribution in [2.24, 2.45) is 11.8 Å². The van der Waals surface area contributed by atoms with Gasteiger partial charge in [0.05, 0.1) is 0 Å². The van der Waals surface area contributed by atoms with Gasteiger partial charge in [-0.3, -0.25) is 4.40 Å². The smallest absolute Gasteiger partial charge is 0.356 e. The second-order valence-corrected chi connectivity index (χ2v) is 6.71. The molecular formula is C14H21N3O2S. The van der Waals surface area contributed by atoms with Gasteiger partial charge in [-0.1, -0.05) is 27.7 Å². The molecule has 0 aromatic carbocycles. The van der Waals surface area contributed by atoms with Gasteiger partial charge in [0, 0.05) is 24.7 Å². The first-order chi connectivity index (χ1) is 9.40. The van der Waals surface area contributed by atoms with Gasteiger partial charge < -0.3 is 10.0 Å². The molecule has 110 valence electrons. The Labute approximate surface area is 122 Å². The number of hydrogen-bond donors (Lipinski definition) is 1. The normalized spacial score (nSPS) is 11.7. The van der Waals surface area contributed by atoms with Crippen LogP contribution in [0.3, 0.4) is 0 Å². The molecule has 0 fully saturated rings. The summed E-state index contributed by atoms with van der Waals surface area (Å²) in [6, 6.07) is 0. The molecule has 0 spiro atoms. The lowest BCUT2D eigenvalue weighted by Crippen LogP contribution is -2.32. The molecule has 0 bridgehead atoms. The number of carbonyl (C=O) groups is 1. The van der Waals surface area contributed by atoms with Gasteiger partial charge in [-0.25, -0.2) is 9.78 Å². The SMILES string of the molecule is CC(C)CN(CC(C)C)c1nc2sccn2c1C(=O)O. The third kappa shape index (κ3) is 2.95. The highest BCUT2D eigenvalue weighted by atomic mass is 32.1. The molecule has 1 N–H and O–H groups in total. The van der Waals surface area contributed by atoms with Crippen LogP contribution in [0.4, 0.5) is 5.82 Å². The summed E-state index contributed by atoms with van der Waals surface area (Å²) >= 11 is 1.46. The monoisotopic (exact) mass is 295 g/mol. The second-order valence-electron chi connectivity index (χ2n) is 5.84. The number of rotatable bonds is 6. The number of anilines is 1. The van der Waals surface area contributed by atoms with Crippen LogP contribution in [0.2, 0.25) is 0 Å². The minimum absolute atomic E-state index is 0.266. The van der Waals surface area contributed by atoms with E-state index in [4.69, 9.17) is 0 Å². The quantitative estimate of drug-likeness (QED) is 0.889. The summed E-state index contributed by atoms with van der Waals surface area (Å²) < 4.78 is 1.66. The van der Waals surface area contributed by atoms with Gasteiger partial charge in [0.2, 0.25) is 0 Å². The fourth-order valence-electron chi connectivity index (χ4n) is 2.32. The van der Waals surface area contributed by atoms with E-state index in [0.29, 0.717) is 17.7 Å². The summed E-state index contributed by atoms with van der Waals surface area (Å²) in [5.41, 5.74) is 0.266. The van der Waals surface area contributed by atoms with Crippen LogP contribution in [0.15, 0.2) is 11.6 Å². The highest BCUT2D eigenvalue weighted by molar-refractivity contribution is 7.15. The number of nitrogens with zero attached hydrogens (tertiary/aromatic N) is 3. The molecular weight excluding hydrogens is 274 g/mol. The number of fused-ring (bicyclic) bond motifs is 1. The predicted octanol–water partition coefficient (Wildman–Crippen LogP) is 3.21. The molecule has 0 radical (unpaired) electrons. The van der Waals surface area contributed by atoms with E-state index in [1.54, 1.807) is 10.6 Å². The van der Waals surface area contributed by atoms with Crippen molar-refractivity contribution < 1.29 is 9.90 Å². The zero-order valence-electron chi connectivity index (χ0n) is 12.3. The van der Waals surface area contributed by atoms with E-state index in [9.17, 15) is 9.90 Å². The lowest BCUT2D eigenvalue weighted by atomic mass is 10.1. The van der Waals surface area contributed by atoms with Crippen molar-refractivity contribution in [1.82, 2.24) is 9.38 Å². The fraction of sp³-hybridized carbons (Fsp3) is 0.571. The maximum Gasteiger partial charge on any atom is 0.356 e. The molecule has 0 saturated heterocycles. The minimum Gasteiger partial charge on any atom is -0.476 e. The molecule has 0 aliphatic heterocycles. The summed E-state index contributed by atoms with van der Waals surface area (Å²) in [5, 5.41) is 11.4. The number of hydrogen-bond acceptors (Lipinski definition) is 4. The number of thiazole rings is 1. The Bertz CT molecular complexity index is 591. The lowest BCUT2D eigenvalue weighted by Gasteiger charge is -2.26. The van der Waals surface area contributed by atoms with E-state index < -0.39 is 5.97 Å². The molecule has 2 heterocycles. The highest BCUT2D eigenvalue weighted by Crippen LogP contribution is 2.26. The van der Waals surface area contributed by atoms with Gasteiger partial charge in [0.1, 0.15) is 0 Å². The van der Waals surface area contributed by atoms with Gasteiger partial charge in [-0.05, 0) is 11.8 Å². The van der Waals surface area contributed by atoms with Crippen LogP contribution in [0, 0.1) is 11.8 Å². The van der Waals surface area contributed by atoms with Crippen molar-refractivity contribution in [3.05, 3.63) is 17.3 Å². The van der Waals surface area contributed by atoms with Crippen LogP contribution in [0.5, 0.6) is 0 Å². The molecule has 20 heavy (non-hydrogen) atoms. The van der Waals surface area contributed by atoms with Crippen molar-refractivity contribution in [3.63, 3.8) is 0 Å². The van der Waals surface area contributed by atoms with Crippen molar-refractivity contribution in [1.29, 1.82) is 0 Å². The standard InChI is InChI=1S/C14H21N3O2S/c1-9(2)7-16(8-10(3)4)12-11(13(18)19)17-5-6-20-14(17)15-12/h5-6,9-10H,7-8H2,1-4H3,(H,18,19). The van der Waals surface area contributed by atoms with Crippen molar-refractivity contribution >= 4 is 28.1 Å². The Morgan fingerprint density at radius 3 is 2.45 bits per heavy atom. The molecule has 2 aromatic rings. The lowest BCUT2D eigenvalue weighted by molar-refractivity contribution is 0.0690. The Morgan fingerprint density at radius 2 is 1.95 bits per heavy atom. The Kier molecular flexibility index (Phi) is 4.32. The Morgan fingerprint density at radius 1 is 1.35 bits per heavy atom. The average Bonchev–Trinajstić information content (AvgIpc) is 2.84. The topological polar surface area (TPSA) is 57.8 Å². The summed E-state index contributed by atoms with van der Waals surface area (Å²) in [4.78, 5) is 18.9. The summed E-state index contributed by atoms with van der Waals surface area (Å²) in [7, 11) is 0. The molecule has 0 saturated carbocycles. The summed E-state index contributed by atoms with van der Waals surface area (Å²) in [6.07, 6.45) is 1.77. The zero-order valence-corrected chi connectivity index (χ0v) is 13.1. The maximum atomic E-state index is 11.6. The largest absolute Gasteiger partial charge is 0.476 e. The predicted molar refractivity (Wildman–Crippen MR) is 81.9 cm³/mol. The third-order valence-electron chi connectivity index (χ3n) is 2.92. The number of imidazole rings is 1. The van der Waals surface area contributed by atoms with E-state index in [1.807, 2.05) is 5.38 Å². The summed E-state index contributed by atoms with van der Waals surface area (Å²) in [5.74, 6) is 0.570. The van der Waals surface area contributed by atoms with Crippen LogP contribution in [-0.2, 0) is 0 Å². The molecule has 0 aliphatic rings. The zero-order chi connectivity index (χ0) is 14.9. The van der Waals surface area contributed by atoms with Gasteiger partial charge >= 0.3 is 5.97 Å². The number of aromatic nitrogens is 2. The number of aromatic carboxylic acids is 1. The highest BCUT2D eigenvalue weighted by Gasteiger charge is 2.24. The fourth-order valence-corrected chi connectivity index (χ4v) is 3.03. The van der Waals surface area contributed by atoms with E-state index in [1.165, 1.54) is 11.3 Å². The van der Waals surface area contributed by atoms with E-state index in [-0.39, 0.29) is 5.69 Å².